The van der Waals surface area contributed by atoms with E-state index >= 15 is 0 Å². The van der Waals surface area contributed by atoms with Crippen LogP contribution in [0.4, 0.5) is 0 Å². The van der Waals surface area contributed by atoms with Crippen molar-refractivity contribution in [1.29, 1.82) is 0 Å². The summed E-state index contributed by atoms with van der Waals surface area (Å²) >= 11 is 1.06. The van der Waals surface area contributed by atoms with E-state index in [-0.39, 0.29) is 5.56 Å². The van der Waals surface area contributed by atoms with E-state index in [0.717, 1.165) is 11.5 Å². The number of imide groups is 1. The van der Waals surface area contributed by atoms with E-state index in [4.69, 9.17) is 0 Å². The third-order valence-electron chi connectivity index (χ3n) is 2.29. The first-order valence-electron chi connectivity index (χ1n) is 5.34. The number of hydrazine groups is 1. The number of nitrogens with zero attached hydrogens (tertiary/aromatic N) is 3. The molecule has 0 aliphatic carbocycles. The van der Waals surface area contributed by atoms with Crippen LogP contribution in [0.2, 0.25) is 0 Å². The Morgan fingerprint density at radius 2 is 2.00 bits per heavy atom. The summed E-state index contributed by atoms with van der Waals surface area (Å²) in [5, 5.41) is 4.53. The van der Waals surface area contributed by atoms with Gasteiger partial charge in [0.25, 0.3) is 5.91 Å². The first kappa shape index (κ1) is 13.1. The van der Waals surface area contributed by atoms with Crippen LogP contribution in [0.3, 0.4) is 0 Å². The molecule has 0 spiro atoms. The Morgan fingerprint density at radius 1 is 1.26 bits per heavy atom. The van der Waals surface area contributed by atoms with E-state index < -0.39 is 17.7 Å². The molecule has 0 fully saturated rings. The lowest BCUT2D eigenvalue weighted by Crippen LogP contribution is -2.48. The van der Waals surface area contributed by atoms with Gasteiger partial charge in [-0.1, -0.05) is 10.6 Å². The zero-order chi connectivity index (χ0) is 14.0. The van der Waals surface area contributed by atoms with Gasteiger partial charge in [0, 0.05) is 13.8 Å². The van der Waals surface area contributed by atoms with Crippen molar-refractivity contribution in [1.82, 2.24) is 20.0 Å². The summed E-state index contributed by atoms with van der Waals surface area (Å²) in [7, 11) is 0. The summed E-state index contributed by atoms with van der Waals surface area (Å²) in [6.07, 6.45) is 0. The molecule has 2 aromatic rings. The quantitative estimate of drug-likeness (QED) is 0.776. The van der Waals surface area contributed by atoms with E-state index in [2.05, 4.69) is 15.0 Å². The molecule has 0 saturated carbocycles. The highest BCUT2D eigenvalue weighted by atomic mass is 32.1. The number of carbonyl (C=O) groups excluding carboxylic acids is 3. The smallest absolute Gasteiger partial charge is 0.274 e. The van der Waals surface area contributed by atoms with E-state index in [0.29, 0.717) is 15.2 Å². The van der Waals surface area contributed by atoms with Crippen LogP contribution < -0.4 is 5.43 Å². The Kier molecular flexibility index (Phi) is 3.52. The van der Waals surface area contributed by atoms with Crippen molar-refractivity contribution in [3.63, 3.8) is 0 Å². The molecule has 0 unspecified atom stereocenters. The molecule has 1 aromatic heterocycles. The second-order valence-electron chi connectivity index (χ2n) is 3.75. The summed E-state index contributed by atoms with van der Waals surface area (Å²) in [6, 6.07) is 4.91. The lowest BCUT2D eigenvalue weighted by molar-refractivity contribution is -0.135. The van der Waals surface area contributed by atoms with Gasteiger partial charge in [-0.3, -0.25) is 19.8 Å². The van der Waals surface area contributed by atoms with Crippen LogP contribution in [-0.2, 0) is 9.59 Å². The molecule has 1 aromatic carbocycles. The number of rotatable bonds is 1. The van der Waals surface area contributed by atoms with Gasteiger partial charge in [-0.05, 0) is 23.7 Å². The monoisotopic (exact) mass is 278 g/mol. The number of fused-ring (bicyclic) bond motifs is 1. The van der Waals surface area contributed by atoms with Crippen molar-refractivity contribution in [2.24, 2.45) is 0 Å². The van der Waals surface area contributed by atoms with Gasteiger partial charge in [0.2, 0.25) is 11.8 Å². The topological polar surface area (TPSA) is 92.3 Å². The van der Waals surface area contributed by atoms with Gasteiger partial charge in [0.1, 0.15) is 5.52 Å². The van der Waals surface area contributed by atoms with Gasteiger partial charge in [-0.15, -0.1) is 5.10 Å². The highest BCUT2D eigenvalue weighted by Gasteiger charge is 2.23. The van der Waals surface area contributed by atoms with Gasteiger partial charge in [0.15, 0.2) is 0 Å². The van der Waals surface area contributed by atoms with Crippen LogP contribution >= 0.6 is 11.5 Å². The Labute approximate surface area is 112 Å². The molecule has 7 nitrogen and oxygen atoms in total. The van der Waals surface area contributed by atoms with Crippen LogP contribution in [0, 0.1) is 0 Å². The minimum atomic E-state index is -0.612. The molecular formula is C11H10N4O3S. The van der Waals surface area contributed by atoms with Crippen LogP contribution in [0.25, 0.3) is 10.2 Å². The maximum atomic E-state index is 12.3. The number of hydrogen-bond donors (Lipinski definition) is 1. The molecular weight excluding hydrogens is 268 g/mol. The average molecular weight is 278 g/mol. The number of carbonyl (C=O) groups is 3. The fraction of sp³-hybridized carbons (Fsp3) is 0.182. The van der Waals surface area contributed by atoms with Crippen molar-refractivity contribution in [2.45, 2.75) is 13.8 Å². The van der Waals surface area contributed by atoms with Crippen LogP contribution in [-0.4, -0.2) is 32.3 Å². The van der Waals surface area contributed by atoms with Crippen LogP contribution in [0.5, 0.6) is 0 Å². The third kappa shape index (κ3) is 2.58. The zero-order valence-electron chi connectivity index (χ0n) is 10.2. The molecule has 0 bridgehead atoms. The molecule has 2 rings (SSSR count). The van der Waals surface area contributed by atoms with E-state index in [1.807, 2.05) is 0 Å². The average Bonchev–Trinajstić information content (AvgIpc) is 2.82. The first-order valence-corrected chi connectivity index (χ1v) is 6.11. The molecule has 19 heavy (non-hydrogen) atoms. The van der Waals surface area contributed by atoms with Crippen molar-refractivity contribution in [3.8, 4) is 0 Å². The second-order valence-corrected chi connectivity index (χ2v) is 4.51. The Hall–Kier alpha value is -2.35. The summed E-state index contributed by atoms with van der Waals surface area (Å²) in [4.78, 5) is 34.7. The first-order chi connectivity index (χ1) is 9.00. The SMILES string of the molecule is CC(=O)NN(C(C)=O)C(=O)c1cccc2nnsc12. The standard InChI is InChI=1S/C11H10N4O3S/c1-6(16)13-15(7(2)17)11(18)8-4-3-5-9-10(8)19-14-12-9/h3-5H,1-2H3,(H,13,16). The molecule has 0 aliphatic heterocycles. The minimum Gasteiger partial charge on any atom is -0.274 e. The largest absolute Gasteiger partial charge is 0.281 e. The maximum Gasteiger partial charge on any atom is 0.281 e. The Bertz CT molecular complexity index is 667. The summed E-state index contributed by atoms with van der Waals surface area (Å²) in [6.45, 7) is 2.41. The van der Waals surface area contributed by atoms with Gasteiger partial charge in [-0.2, -0.15) is 5.01 Å². The van der Waals surface area contributed by atoms with Crippen molar-refractivity contribution < 1.29 is 14.4 Å². The number of nitrogens with one attached hydrogen (secondary N) is 1. The predicted octanol–water partition coefficient (Wildman–Crippen LogP) is 0.731. The van der Waals surface area contributed by atoms with Gasteiger partial charge in [-0.25, -0.2) is 0 Å². The van der Waals surface area contributed by atoms with E-state index in [9.17, 15) is 14.4 Å². The Morgan fingerprint density at radius 3 is 2.63 bits per heavy atom. The molecule has 0 saturated heterocycles. The van der Waals surface area contributed by atoms with Gasteiger partial charge >= 0.3 is 0 Å². The maximum absolute atomic E-state index is 12.3. The summed E-state index contributed by atoms with van der Waals surface area (Å²) < 4.78 is 4.33. The predicted molar refractivity (Wildman–Crippen MR) is 68.1 cm³/mol. The number of amides is 3. The zero-order valence-corrected chi connectivity index (χ0v) is 11.0. The second kappa shape index (κ2) is 5.11. The number of aromatic nitrogens is 2. The third-order valence-corrected chi connectivity index (χ3v) is 3.07. The molecule has 0 atom stereocenters. The highest BCUT2D eigenvalue weighted by Crippen LogP contribution is 2.21. The molecule has 98 valence electrons. The van der Waals surface area contributed by atoms with Crippen molar-refractivity contribution >= 4 is 39.5 Å². The normalized spacial score (nSPS) is 10.2. The molecule has 3 amide bonds. The van der Waals surface area contributed by atoms with Crippen LogP contribution in [0.15, 0.2) is 18.2 Å². The highest BCUT2D eigenvalue weighted by molar-refractivity contribution is 7.13. The lowest BCUT2D eigenvalue weighted by atomic mass is 10.2. The molecule has 1 heterocycles. The van der Waals surface area contributed by atoms with Crippen molar-refractivity contribution in [3.05, 3.63) is 23.8 Å². The Balaban J connectivity index is 2.44. The fourth-order valence-electron chi connectivity index (χ4n) is 1.52. The molecule has 8 heteroatoms. The number of hydrogen-bond acceptors (Lipinski definition) is 6. The fourth-order valence-corrected chi connectivity index (χ4v) is 2.19. The molecule has 0 aliphatic rings. The lowest BCUT2D eigenvalue weighted by Gasteiger charge is -2.18. The van der Waals surface area contributed by atoms with Gasteiger partial charge in [0.05, 0.1) is 10.3 Å². The summed E-state index contributed by atoms with van der Waals surface area (Å²) in [5.41, 5.74) is 3.04. The van der Waals surface area contributed by atoms with E-state index in [1.165, 1.54) is 13.8 Å². The minimum absolute atomic E-state index is 0.274. The molecule has 0 radical (unpaired) electrons. The van der Waals surface area contributed by atoms with Crippen LogP contribution in [0.1, 0.15) is 24.2 Å². The van der Waals surface area contributed by atoms with Gasteiger partial charge < -0.3 is 0 Å². The van der Waals surface area contributed by atoms with E-state index in [1.54, 1.807) is 18.2 Å². The summed E-state index contributed by atoms with van der Waals surface area (Å²) in [5.74, 6) is -1.69. The van der Waals surface area contributed by atoms with Crippen molar-refractivity contribution in [2.75, 3.05) is 0 Å². The number of benzene rings is 1. The molecule has 1 N–H and O–H groups in total.